The summed E-state index contributed by atoms with van der Waals surface area (Å²) in [5, 5.41) is 5.67. The highest BCUT2D eigenvalue weighted by atomic mass is 15.3. The van der Waals surface area contributed by atoms with E-state index in [2.05, 4.69) is 81.5 Å². The van der Waals surface area contributed by atoms with Gasteiger partial charge in [-0.25, -0.2) is 14.6 Å². The van der Waals surface area contributed by atoms with Gasteiger partial charge in [0.2, 0.25) is 0 Å². The minimum Gasteiger partial charge on any atom is -0.345 e. The van der Waals surface area contributed by atoms with Gasteiger partial charge in [0.05, 0.1) is 50.9 Å². The highest BCUT2D eigenvalue weighted by Crippen LogP contribution is 2.23. The lowest BCUT2D eigenvalue weighted by atomic mass is 10.1. The molecule has 158 valence electrons. The zero-order valence-electron chi connectivity index (χ0n) is 18.0. The van der Waals surface area contributed by atoms with Crippen LogP contribution >= 0.6 is 0 Å². The molecule has 1 aliphatic heterocycles. The minimum absolute atomic E-state index is 0.720. The quantitative estimate of drug-likeness (QED) is 0.526. The summed E-state index contributed by atoms with van der Waals surface area (Å²) in [5.74, 6) is 1.02. The number of fused-ring (bicyclic) bond motifs is 1. The van der Waals surface area contributed by atoms with Gasteiger partial charge in [-0.15, -0.1) is 0 Å². The number of nitrogens with zero attached hydrogens (tertiary/aromatic N) is 5. The van der Waals surface area contributed by atoms with Gasteiger partial charge in [-0.05, 0) is 18.1 Å². The van der Waals surface area contributed by atoms with Crippen LogP contribution < -0.4 is 9.80 Å². The number of rotatable bonds is 6. The van der Waals surface area contributed by atoms with Crippen LogP contribution in [0.25, 0.3) is 11.0 Å². The third-order valence-electron chi connectivity index (χ3n) is 6.25. The van der Waals surface area contributed by atoms with E-state index >= 15 is 0 Å². The first-order valence-corrected chi connectivity index (χ1v) is 11.1. The van der Waals surface area contributed by atoms with E-state index < -0.39 is 0 Å². The molecule has 1 fully saturated rings. The van der Waals surface area contributed by atoms with E-state index in [1.807, 2.05) is 10.9 Å². The first-order valence-electron chi connectivity index (χ1n) is 11.1. The SMILES string of the molecule is Cc1ccc(Cn2ncc3c(N4CC[NH+](CCc5ccccc5)CC4)ncnc32)cc1. The van der Waals surface area contributed by atoms with Gasteiger partial charge in [-0.1, -0.05) is 60.2 Å². The molecule has 0 atom stereocenters. The van der Waals surface area contributed by atoms with Gasteiger partial charge in [0.25, 0.3) is 0 Å². The molecule has 2 aromatic carbocycles. The summed E-state index contributed by atoms with van der Waals surface area (Å²) in [4.78, 5) is 13.2. The summed E-state index contributed by atoms with van der Waals surface area (Å²) in [6, 6.07) is 19.4. The summed E-state index contributed by atoms with van der Waals surface area (Å²) >= 11 is 0. The Balaban J connectivity index is 1.25. The molecule has 1 N–H and O–H groups in total. The van der Waals surface area contributed by atoms with Crippen molar-refractivity contribution in [2.75, 3.05) is 37.6 Å². The maximum Gasteiger partial charge on any atom is 0.163 e. The fourth-order valence-electron chi connectivity index (χ4n) is 4.37. The van der Waals surface area contributed by atoms with Gasteiger partial charge in [0.1, 0.15) is 12.1 Å². The smallest absolute Gasteiger partial charge is 0.163 e. The number of piperazine rings is 1. The van der Waals surface area contributed by atoms with Gasteiger partial charge in [0, 0.05) is 6.42 Å². The Labute approximate surface area is 183 Å². The molecule has 31 heavy (non-hydrogen) atoms. The second kappa shape index (κ2) is 8.86. The van der Waals surface area contributed by atoms with Crippen molar-refractivity contribution in [3.05, 3.63) is 83.8 Å². The Morgan fingerprint density at radius 1 is 0.903 bits per heavy atom. The number of aryl methyl sites for hydroxylation is 1. The van der Waals surface area contributed by atoms with E-state index in [0.29, 0.717) is 0 Å². The Hall–Kier alpha value is -3.25. The molecule has 4 aromatic rings. The van der Waals surface area contributed by atoms with Gasteiger partial charge >= 0.3 is 0 Å². The molecule has 6 heteroatoms. The van der Waals surface area contributed by atoms with Gasteiger partial charge in [-0.2, -0.15) is 5.10 Å². The van der Waals surface area contributed by atoms with E-state index in [4.69, 9.17) is 0 Å². The minimum atomic E-state index is 0.720. The number of quaternary nitrogens is 1. The Kier molecular flexibility index (Phi) is 5.63. The lowest BCUT2D eigenvalue weighted by molar-refractivity contribution is -0.900. The molecule has 3 heterocycles. The first-order chi connectivity index (χ1) is 15.3. The van der Waals surface area contributed by atoms with Gasteiger partial charge in [-0.3, -0.25) is 0 Å². The molecule has 6 nitrogen and oxygen atoms in total. The topological polar surface area (TPSA) is 51.3 Å². The largest absolute Gasteiger partial charge is 0.345 e. The molecule has 1 saturated heterocycles. The second-order valence-corrected chi connectivity index (χ2v) is 8.45. The van der Waals surface area contributed by atoms with Crippen LogP contribution in [0.4, 0.5) is 5.82 Å². The Bertz CT molecular complexity index is 1130. The van der Waals surface area contributed by atoms with Crippen molar-refractivity contribution in [3.8, 4) is 0 Å². The summed E-state index contributed by atoms with van der Waals surface area (Å²) in [7, 11) is 0. The molecule has 1 aliphatic rings. The molecule has 0 bridgehead atoms. The molecule has 0 aliphatic carbocycles. The van der Waals surface area contributed by atoms with Crippen molar-refractivity contribution in [2.45, 2.75) is 19.9 Å². The third-order valence-corrected chi connectivity index (χ3v) is 6.25. The number of hydrogen-bond donors (Lipinski definition) is 1. The molecule has 5 rings (SSSR count). The lowest BCUT2D eigenvalue weighted by Gasteiger charge is -2.33. The molecule has 0 saturated carbocycles. The molecule has 0 unspecified atom stereocenters. The Morgan fingerprint density at radius 3 is 2.45 bits per heavy atom. The summed E-state index contributed by atoms with van der Waals surface area (Å²) in [6.07, 6.45) is 4.74. The van der Waals surface area contributed by atoms with Crippen LogP contribution in [0.5, 0.6) is 0 Å². The third kappa shape index (κ3) is 4.44. The number of anilines is 1. The molecule has 0 spiro atoms. The standard InChI is InChI=1S/C25H28N6/c1-20-7-9-22(10-8-20)18-31-25-23(17-28-31)24(26-19-27-25)30-15-13-29(14-16-30)12-11-21-5-3-2-4-6-21/h2-10,17,19H,11-16,18H2,1H3/p+1. The van der Waals surface area contributed by atoms with E-state index in [1.165, 1.54) is 23.2 Å². The maximum atomic E-state index is 4.63. The fraction of sp³-hybridized carbons (Fsp3) is 0.320. The molecule has 0 amide bonds. The van der Waals surface area contributed by atoms with E-state index in [1.54, 1.807) is 11.2 Å². The van der Waals surface area contributed by atoms with Crippen LogP contribution in [-0.2, 0) is 13.0 Å². The maximum absolute atomic E-state index is 4.63. The predicted molar refractivity (Wildman–Crippen MR) is 124 cm³/mol. The molecular weight excluding hydrogens is 384 g/mol. The van der Waals surface area contributed by atoms with Crippen LogP contribution in [0.2, 0.25) is 0 Å². The Morgan fingerprint density at radius 2 is 1.68 bits per heavy atom. The fourth-order valence-corrected chi connectivity index (χ4v) is 4.37. The number of hydrogen-bond acceptors (Lipinski definition) is 4. The highest BCUT2D eigenvalue weighted by molar-refractivity contribution is 5.86. The van der Waals surface area contributed by atoms with Gasteiger partial charge < -0.3 is 9.80 Å². The second-order valence-electron chi connectivity index (χ2n) is 8.45. The van der Waals surface area contributed by atoms with E-state index in [-0.39, 0.29) is 0 Å². The lowest BCUT2D eigenvalue weighted by Crippen LogP contribution is -3.15. The zero-order chi connectivity index (χ0) is 21.0. The van der Waals surface area contributed by atoms with Crippen molar-refractivity contribution < 1.29 is 4.90 Å². The molecule has 0 radical (unpaired) electrons. The van der Waals surface area contributed by atoms with E-state index in [9.17, 15) is 0 Å². The van der Waals surface area contributed by atoms with Crippen LogP contribution in [0.15, 0.2) is 67.1 Å². The molecular formula is C25H29N6+. The number of nitrogens with one attached hydrogen (secondary N) is 1. The van der Waals surface area contributed by atoms with Crippen LogP contribution in [0.1, 0.15) is 16.7 Å². The van der Waals surface area contributed by atoms with Gasteiger partial charge in [0.15, 0.2) is 5.65 Å². The van der Waals surface area contributed by atoms with Crippen LogP contribution in [0.3, 0.4) is 0 Å². The van der Waals surface area contributed by atoms with Crippen molar-refractivity contribution in [1.82, 2.24) is 19.7 Å². The average molecular weight is 414 g/mol. The number of benzene rings is 2. The monoisotopic (exact) mass is 413 g/mol. The van der Waals surface area contributed by atoms with Crippen molar-refractivity contribution in [2.24, 2.45) is 0 Å². The van der Waals surface area contributed by atoms with Crippen LogP contribution in [-0.4, -0.2) is 52.5 Å². The first kappa shape index (κ1) is 19.7. The average Bonchev–Trinajstić information content (AvgIpc) is 3.23. The predicted octanol–water partition coefficient (Wildman–Crippen LogP) is 2.13. The van der Waals surface area contributed by atoms with Crippen molar-refractivity contribution in [3.63, 3.8) is 0 Å². The highest BCUT2D eigenvalue weighted by Gasteiger charge is 2.23. The van der Waals surface area contributed by atoms with E-state index in [0.717, 1.165) is 56.0 Å². The summed E-state index contributed by atoms with van der Waals surface area (Å²) in [6.45, 7) is 8.31. The van der Waals surface area contributed by atoms with Crippen LogP contribution in [0, 0.1) is 6.92 Å². The normalized spacial score (nSPS) is 14.9. The molecule has 2 aromatic heterocycles. The van der Waals surface area contributed by atoms with Crippen molar-refractivity contribution in [1.29, 1.82) is 0 Å². The number of aromatic nitrogens is 4. The summed E-state index contributed by atoms with van der Waals surface area (Å²) < 4.78 is 1.98. The zero-order valence-corrected chi connectivity index (χ0v) is 18.0. The van der Waals surface area contributed by atoms with Crippen molar-refractivity contribution >= 4 is 16.9 Å². The summed E-state index contributed by atoms with van der Waals surface area (Å²) in [5.41, 5.74) is 4.83.